The quantitative estimate of drug-likeness (QED) is 0.723. The van der Waals surface area contributed by atoms with Crippen LogP contribution in [0.5, 0.6) is 0 Å². The zero-order chi connectivity index (χ0) is 22.9. The Morgan fingerprint density at radius 1 is 1.07 bits per heavy atom. The number of rotatable bonds is 6. The van der Waals surface area contributed by atoms with Crippen molar-refractivity contribution in [3.8, 4) is 0 Å². The highest BCUT2D eigenvalue weighted by molar-refractivity contribution is 7.92. The van der Waals surface area contributed by atoms with E-state index in [1.54, 1.807) is 6.92 Å². The molecule has 0 aliphatic rings. The number of alkyl halides is 3. The van der Waals surface area contributed by atoms with Gasteiger partial charge in [0.15, 0.2) is 0 Å². The van der Waals surface area contributed by atoms with E-state index >= 15 is 0 Å². The van der Waals surface area contributed by atoms with Crippen LogP contribution >= 0.6 is 0 Å². The van der Waals surface area contributed by atoms with Crippen LogP contribution in [0.1, 0.15) is 42.1 Å². The minimum absolute atomic E-state index is 0.228. The third-order valence-electron chi connectivity index (χ3n) is 4.77. The molecule has 1 N–H and O–H groups in total. The van der Waals surface area contributed by atoms with E-state index in [-0.39, 0.29) is 5.69 Å². The van der Waals surface area contributed by atoms with Crippen molar-refractivity contribution < 1.29 is 26.4 Å². The van der Waals surface area contributed by atoms with Crippen LogP contribution in [-0.4, -0.2) is 26.6 Å². The zero-order valence-electron chi connectivity index (χ0n) is 17.4. The maximum absolute atomic E-state index is 13.1. The molecule has 0 fully saturated rings. The first-order chi connectivity index (χ1) is 13.7. The molecule has 164 valence electrons. The summed E-state index contributed by atoms with van der Waals surface area (Å²) in [6.45, 7) is 6.95. The second-order valence-electron chi connectivity index (χ2n) is 7.37. The molecule has 0 aliphatic heterocycles. The number of anilines is 1. The standard InChI is InChI=1S/C21H25F3N2O3S/c1-13-9-10-19(14(2)11-13)15(3)25-20(27)16(4)26(30(5,28)29)18-8-6-7-17(12-18)21(22,23)24/h6-12,15-16H,1-5H3,(H,25,27)/t15-,16+/m0/s1. The number of benzene rings is 2. The molecular weight excluding hydrogens is 417 g/mol. The van der Waals surface area contributed by atoms with Crippen molar-refractivity contribution in [2.45, 2.75) is 46.0 Å². The average Bonchev–Trinajstić information content (AvgIpc) is 2.59. The summed E-state index contributed by atoms with van der Waals surface area (Å²) < 4.78 is 64.6. The summed E-state index contributed by atoms with van der Waals surface area (Å²) in [5.74, 6) is -0.620. The van der Waals surface area contributed by atoms with Gasteiger partial charge in [-0.3, -0.25) is 9.10 Å². The van der Waals surface area contributed by atoms with Crippen molar-refractivity contribution in [1.29, 1.82) is 0 Å². The number of hydrogen-bond donors (Lipinski definition) is 1. The van der Waals surface area contributed by atoms with E-state index in [0.29, 0.717) is 4.31 Å². The number of halogens is 3. The van der Waals surface area contributed by atoms with E-state index in [4.69, 9.17) is 0 Å². The second kappa shape index (κ2) is 8.67. The molecule has 0 saturated carbocycles. The molecule has 2 rings (SSSR count). The van der Waals surface area contributed by atoms with Crippen LogP contribution in [0.2, 0.25) is 0 Å². The first-order valence-electron chi connectivity index (χ1n) is 9.26. The second-order valence-corrected chi connectivity index (χ2v) is 9.23. The molecule has 1 amide bonds. The van der Waals surface area contributed by atoms with Crippen LogP contribution in [0.4, 0.5) is 18.9 Å². The van der Waals surface area contributed by atoms with Crippen LogP contribution < -0.4 is 9.62 Å². The molecule has 0 saturated heterocycles. The minimum atomic E-state index is -4.64. The molecule has 30 heavy (non-hydrogen) atoms. The van der Waals surface area contributed by atoms with E-state index in [2.05, 4.69) is 5.32 Å². The Kier molecular flexibility index (Phi) is 6.86. The first-order valence-corrected chi connectivity index (χ1v) is 11.1. The van der Waals surface area contributed by atoms with Gasteiger partial charge in [-0.1, -0.05) is 29.8 Å². The molecule has 9 heteroatoms. The van der Waals surface area contributed by atoms with Crippen LogP contribution in [0, 0.1) is 13.8 Å². The number of carbonyl (C=O) groups is 1. The molecule has 0 aromatic heterocycles. The van der Waals surface area contributed by atoms with E-state index in [9.17, 15) is 26.4 Å². The van der Waals surface area contributed by atoms with Crippen LogP contribution in [0.3, 0.4) is 0 Å². The fourth-order valence-corrected chi connectivity index (χ4v) is 4.52. The lowest BCUT2D eigenvalue weighted by Gasteiger charge is -2.30. The fourth-order valence-electron chi connectivity index (χ4n) is 3.35. The van der Waals surface area contributed by atoms with Gasteiger partial charge in [-0.2, -0.15) is 13.2 Å². The normalized spacial score (nSPS) is 14.1. The molecule has 2 aromatic carbocycles. The van der Waals surface area contributed by atoms with Gasteiger partial charge in [-0.25, -0.2) is 8.42 Å². The highest BCUT2D eigenvalue weighted by Gasteiger charge is 2.34. The predicted octanol–water partition coefficient (Wildman–Crippen LogP) is 4.35. The van der Waals surface area contributed by atoms with Crippen molar-refractivity contribution in [1.82, 2.24) is 5.32 Å². The Hall–Kier alpha value is -2.55. The first kappa shape index (κ1) is 23.7. The molecule has 0 unspecified atom stereocenters. The molecule has 0 bridgehead atoms. The summed E-state index contributed by atoms with van der Waals surface area (Å²) in [4.78, 5) is 12.8. The van der Waals surface area contributed by atoms with Crippen molar-refractivity contribution in [2.75, 3.05) is 10.6 Å². The van der Waals surface area contributed by atoms with Crippen LogP contribution in [0.25, 0.3) is 0 Å². The van der Waals surface area contributed by atoms with Crippen molar-refractivity contribution >= 4 is 21.6 Å². The molecule has 2 atom stereocenters. The van der Waals surface area contributed by atoms with Gasteiger partial charge in [0.25, 0.3) is 0 Å². The fraction of sp³-hybridized carbons (Fsp3) is 0.381. The number of sulfonamides is 1. The van der Waals surface area contributed by atoms with E-state index in [1.807, 2.05) is 32.0 Å². The molecule has 0 aliphatic carbocycles. The van der Waals surface area contributed by atoms with Gasteiger partial charge in [0.2, 0.25) is 15.9 Å². The Bertz CT molecular complexity index is 1040. The van der Waals surface area contributed by atoms with E-state index in [1.165, 1.54) is 13.0 Å². The topological polar surface area (TPSA) is 66.5 Å². The highest BCUT2D eigenvalue weighted by Crippen LogP contribution is 2.33. The third kappa shape index (κ3) is 5.53. The van der Waals surface area contributed by atoms with Crippen LogP contribution in [-0.2, 0) is 21.0 Å². The summed E-state index contributed by atoms with van der Waals surface area (Å²) in [6, 6.07) is 7.98. The van der Waals surface area contributed by atoms with Gasteiger partial charge in [-0.15, -0.1) is 0 Å². The Labute approximate surface area is 175 Å². The highest BCUT2D eigenvalue weighted by atomic mass is 32.2. The number of nitrogens with one attached hydrogen (secondary N) is 1. The zero-order valence-corrected chi connectivity index (χ0v) is 18.2. The largest absolute Gasteiger partial charge is 0.416 e. The van der Waals surface area contributed by atoms with Crippen molar-refractivity contribution in [2.24, 2.45) is 0 Å². The Morgan fingerprint density at radius 3 is 2.23 bits per heavy atom. The van der Waals surface area contributed by atoms with Gasteiger partial charge in [0, 0.05) is 0 Å². The molecule has 2 aromatic rings. The molecular formula is C21H25F3N2O3S. The van der Waals surface area contributed by atoms with E-state index < -0.39 is 39.8 Å². The number of carbonyl (C=O) groups excluding carboxylic acids is 1. The molecule has 0 spiro atoms. The molecule has 0 heterocycles. The SMILES string of the molecule is Cc1ccc([C@H](C)NC(=O)[C@@H](C)N(c2cccc(C(F)(F)F)c2)S(C)(=O)=O)c(C)c1. The van der Waals surface area contributed by atoms with Crippen molar-refractivity contribution in [3.63, 3.8) is 0 Å². The Morgan fingerprint density at radius 2 is 1.70 bits per heavy atom. The predicted molar refractivity (Wildman–Crippen MR) is 111 cm³/mol. The summed E-state index contributed by atoms with van der Waals surface area (Å²) in [6.07, 6.45) is -3.78. The number of nitrogens with zero attached hydrogens (tertiary/aromatic N) is 1. The van der Waals surface area contributed by atoms with Gasteiger partial charge < -0.3 is 5.32 Å². The third-order valence-corrected chi connectivity index (χ3v) is 6.01. The number of amides is 1. The minimum Gasteiger partial charge on any atom is -0.348 e. The van der Waals surface area contributed by atoms with Gasteiger partial charge >= 0.3 is 6.18 Å². The lowest BCUT2D eigenvalue weighted by Crippen LogP contribution is -2.48. The van der Waals surface area contributed by atoms with Gasteiger partial charge in [0.1, 0.15) is 6.04 Å². The molecule has 0 radical (unpaired) electrons. The molecule has 5 nitrogen and oxygen atoms in total. The summed E-state index contributed by atoms with van der Waals surface area (Å²) in [7, 11) is -4.03. The average molecular weight is 443 g/mol. The van der Waals surface area contributed by atoms with E-state index in [0.717, 1.165) is 41.1 Å². The maximum Gasteiger partial charge on any atom is 0.416 e. The lowest BCUT2D eigenvalue weighted by molar-refractivity contribution is -0.137. The summed E-state index contributed by atoms with van der Waals surface area (Å²) >= 11 is 0. The number of hydrogen-bond acceptors (Lipinski definition) is 3. The van der Waals surface area contributed by atoms with Crippen LogP contribution in [0.15, 0.2) is 42.5 Å². The van der Waals surface area contributed by atoms with Crippen molar-refractivity contribution in [3.05, 3.63) is 64.7 Å². The monoisotopic (exact) mass is 442 g/mol. The maximum atomic E-state index is 13.1. The van der Waals surface area contributed by atoms with Gasteiger partial charge in [-0.05, 0) is 57.0 Å². The summed E-state index contributed by atoms with van der Waals surface area (Å²) in [5.41, 5.74) is 1.68. The van der Waals surface area contributed by atoms with Gasteiger partial charge in [0.05, 0.1) is 23.5 Å². The summed E-state index contributed by atoms with van der Waals surface area (Å²) in [5, 5.41) is 2.76. The lowest BCUT2D eigenvalue weighted by atomic mass is 10.00. The number of aryl methyl sites for hydroxylation is 2. The Balaban J connectivity index is 2.34. The smallest absolute Gasteiger partial charge is 0.348 e.